The highest BCUT2D eigenvalue weighted by Gasteiger charge is 2.11. The van der Waals surface area contributed by atoms with Crippen molar-refractivity contribution in [2.45, 2.75) is 44.9 Å². The fourth-order valence-electron chi connectivity index (χ4n) is 0.943. The maximum atomic E-state index is 11.3. The summed E-state index contributed by atoms with van der Waals surface area (Å²) in [6.45, 7) is 3.82. The first-order chi connectivity index (χ1) is 6.97. The van der Waals surface area contributed by atoms with E-state index in [2.05, 4.69) is 5.32 Å². The van der Waals surface area contributed by atoms with Crippen molar-refractivity contribution in [1.29, 1.82) is 0 Å². The summed E-state index contributed by atoms with van der Waals surface area (Å²) >= 11 is 0. The molecule has 0 aromatic carbocycles. The standard InChI is InChI=1S/C10H22N2O3/c1-7(15-3)4-5-10(14)12-6-9(11)8(2)13/h7-9,13H,4-6,11H2,1-3H3,(H,12,14). The highest BCUT2D eigenvalue weighted by atomic mass is 16.5. The molecule has 0 radical (unpaired) electrons. The lowest BCUT2D eigenvalue weighted by Gasteiger charge is -2.15. The molecule has 5 nitrogen and oxygen atoms in total. The Kier molecular flexibility index (Phi) is 7.29. The van der Waals surface area contributed by atoms with E-state index in [1.165, 1.54) is 0 Å². The fourth-order valence-corrected chi connectivity index (χ4v) is 0.943. The molecule has 0 saturated heterocycles. The zero-order valence-corrected chi connectivity index (χ0v) is 9.69. The molecule has 5 heteroatoms. The molecule has 0 fully saturated rings. The molecule has 0 saturated carbocycles. The third kappa shape index (κ3) is 7.30. The summed E-state index contributed by atoms with van der Waals surface area (Å²) in [7, 11) is 1.62. The van der Waals surface area contributed by atoms with Crippen molar-refractivity contribution in [3.05, 3.63) is 0 Å². The first-order valence-electron chi connectivity index (χ1n) is 5.20. The molecule has 0 heterocycles. The molecular formula is C10H22N2O3. The van der Waals surface area contributed by atoms with Gasteiger partial charge in [0.1, 0.15) is 0 Å². The van der Waals surface area contributed by atoms with E-state index < -0.39 is 12.1 Å². The van der Waals surface area contributed by atoms with Crippen LogP contribution in [0.2, 0.25) is 0 Å². The van der Waals surface area contributed by atoms with Crippen LogP contribution in [0.1, 0.15) is 26.7 Å². The lowest BCUT2D eigenvalue weighted by molar-refractivity contribution is -0.121. The van der Waals surface area contributed by atoms with Crippen LogP contribution in [0.3, 0.4) is 0 Å². The number of ether oxygens (including phenoxy) is 1. The fraction of sp³-hybridized carbons (Fsp3) is 0.900. The SMILES string of the molecule is COC(C)CCC(=O)NCC(N)C(C)O. The Balaban J connectivity index is 3.58. The normalized spacial score (nSPS) is 16.9. The number of hydrogen-bond acceptors (Lipinski definition) is 4. The smallest absolute Gasteiger partial charge is 0.220 e. The second-order valence-corrected chi connectivity index (χ2v) is 3.79. The third-order valence-electron chi connectivity index (χ3n) is 2.33. The Bertz CT molecular complexity index is 186. The molecule has 0 aromatic heterocycles. The molecule has 0 rings (SSSR count). The van der Waals surface area contributed by atoms with Gasteiger partial charge in [-0.2, -0.15) is 0 Å². The van der Waals surface area contributed by atoms with Gasteiger partial charge in [-0.3, -0.25) is 4.79 Å². The van der Waals surface area contributed by atoms with Crippen LogP contribution in [0.5, 0.6) is 0 Å². The van der Waals surface area contributed by atoms with Crippen LogP contribution in [0.4, 0.5) is 0 Å². The van der Waals surface area contributed by atoms with E-state index in [9.17, 15) is 4.79 Å². The Hall–Kier alpha value is -0.650. The minimum Gasteiger partial charge on any atom is -0.392 e. The Morgan fingerprint density at radius 3 is 2.60 bits per heavy atom. The quantitative estimate of drug-likeness (QED) is 0.544. The summed E-state index contributed by atoms with van der Waals surface area (Å²) in [5, 5.41) is 11.8. The van der Waals surface area contributed by atoms with Gasteiger partial charge in [0.25, 0.3) is 0 Å². The maximum Gasteiger partial charge on any atom is 0.220 e. The van der Waals surface area contributed by atoms with Crippen LogP contribution in [-0.4, -0.2) is 42.9 Å². The van der Waals surface area contributed by atoms with Gasteiger partial charge in [-0.1, -0.05) is 0 Å². The molecule has 0 aliphatic rings. The highest BCUT2D eigenvalue weighted by molar-refractivity contribution is 5.75. The first-order valence-corrected chi connectivity index (χ1v) is 5.20. The number of carbonyl (C=O) groups is 1. The molecule has 3 atom stereocenters. The van der Waals surface area contributed by atoms with E-state index >= 15 is 0 Å². The molecule has 3 unspecified atom stereocenters. The van der Waals surface area contributed by atoms with Gasteiger partial charge in [0, 0.05) is 26.1 Å². The van der Waals surface area contributed by atoms with Crippen LogP contribution >= 0.6 is 0 Å². The first kappa shape index (κ1) is 14.3. The number of nitrogens with one attached hydrogen (secondary N) is 1. The number of hydrogen-bond donors (Lipinski definition) is 3. The molecule has 15 heavy (non-hydrogen) atoms. The molecule has 1 amide bonds. The van der Waals surface area contributed by atoms with E-state index in [-0.39, 0.29) is 12.0 Å². The highest BCUT2D eigenvalue weighted by Crippen LogP contribution is 1.99. The summed E-state index contributed by atoms with van der Waals surface area (Å²) < 4.78 is 5.02. The minimum atomic E-state index is -0.608. The minimum absolute atomic E-state index is 0.0602. The number of aliphatic hydroxyl groups is 1. The summed E-state index contributed by atoms with van der Waals surface area (Å²) in [5.41, 5.74) is 5.56. The average Bonchev–Trinajstić information content (AvgIpc) is 2.21. The topological polar surface area (TPSA) is 84.6 Å². The van der Waals surface area contributed by atoms with Crippen molar-refractivity contribution in [2.24, 2.45) is 5.73 Å². The Labute approximate surface area is 91.0 Å². The van der Waals surface area contributed by atoms with Crippen molar-refractivity contribution < 1.29 is 14.6 Å². The van der Waals surface area contributed by atoms with Crippen LogP contribution in [0, 0.1) is 0 Å². The van der Waals surface area contributed by atoms with Gasteiger partial charge in [-0.15, -0.1) is 0 Å². The van der Waals surface area contributed by atoms with Gasteiger partial charge in [0.05, 0.1) is 12.2 Å². The second-order valence-electron chi connectivity index (χ2n) is 3.79. The number of rotatable bonds is 7. The second kappa shape index (κ2) is 7.62. The van der Waals surface area contributed by atoms with Crippen LogP contribution < -0.4 is 11.1 Å². The van der Waals surface area contributed by atoms with E-state index in [0.29, 0.717) is 19.4 Å². The van der Waals surface area contributed by atoms with Crippen LogP contribution in [-0.2, 0) is 9.53 Å². The number of nitrogens with two attached hydrogens (primary N) is 1. The Morgan fingerprint density at radius 2 is 2.13 bits per heavy atom. The lowest BCUT2D eigenvalue weighted by Crippen LogP contribution is -2.43. The van der Waals surface area contributed by atoms with Gasteiger partial charge >= 0.3 is 0 Å². The molecule has 90 valence electrons. The van der Waals surface area contributed by atoms with Gasteiger partial charge in [-0.05, 0) is 20.3 Å². The average molecular weight is 218 g/mol. The van der Waals surface area contributed by atoms with Gasteiger partial charge in [0.15, 0.2) is 0 Å². The lowest BCUT2D eigenvalue weighted by atomic mass is 10.2. The summed E-state index contributed by atoms with van der Waals surface area (Å²) in [6.07, 6.45) is 0.581. The molecule has 0 aliphatic carbocycles. The molecule has 0 aromatic rings. The van der Waals surface area contributed by atoms with Crippen molar-refractivity contribution in [3.8, 4) is 0 Å². The largest absolute Gasteiger partial charge is 0.392 e. The monoisotopic (exact) mass is 218 g/mol. The number of amides is 1. The van der Waals surface area contributed by atoms with E-state index in [0.717, 1.165) is 0 Å². The predicted molar refractivity (Wildman–Crippen MR) is 58.4 cm³/mol. The van der Waals surface area contributed by atoms with Crippen LogP contribution in [0.15, 0.2) is 0 Å². The molecule has 4 N–H and O–H groups in total. The van der Waals surface area contributed by atoms with Crippen LogP contribution in [0.25, 0.3) is 0 Å². The van der Waals surface area contributed by atoms with Crippen molar-refractivity contribution in [2.75, 3.05) is 13.7 Å². The number of carbonyl (C=O) groups excluding carboxylic acids is 1. The summed E-state index contributed by atoms with van der Waals surface area (Å²) in [6, 6.07) is -0.409. The number of methoxy groups -OCH3 is 1. The maximum absolute atomic E-state index is 11.3. The number of aliphatic hydroxyl groups excluding tert-OH is 1. The molecule has 0 aliphatic heterocycles. The van der Waals surface area contributed by atoms with E-state index in [1.807, 2.05) is 6.92 Å². The zero-order valence-electron chi connectivity index (χ0n) is 9.69. The van der Waals surface area contributed by atoms with E-state index in [4.69, 9.17) is 15.6 Å². The van der Waals surface area contributed by atoms with Crippen molar-refractivity contribution in [3.63, 3.8) is 0 Å². The van der Waals surface area contributed by atoms with Gasteiger partial charge < -0.3 is 20.9 Å². The van der Waals surface area contributed by atoms with E-state index in [1.54, 1.807) is 14.0 Å². The third-order valence-corrected chi connectivity index (χ3v) is 2.33. The Morgan fingerprint density at radius 1 is 1.53 bits per heavy atom. The molecule has 0 spiro atoms. The molecule has 0 bridgehead atoms. The summed E-state index contributed by atoms with van der Waals surface area (Å²) in [4.78, 5) is 11.3. The van der Waals surface area contributed by atoms with Crippen molar-refractivity contribution in [1.82, 2.24) is 5.32 Å². The van der Waals surface area contributed by atoms with Gasteiger partial charge in [0.2, 0.25) is 5.91 Å². The van der Waals surface area contributed by atoms with Crippen molar-refractivity contribution >= 4 is 5.91 Å². The zero-order chi connectivity index (χ0) is 11.8. The molecular weight excluding hydrogens is 196 g/mol. The predicted octanol–water partition coefficient (Wildman–Crippen LogP) is -0.374. The van der Waals surface area contributed by atoms with Gasteiger partial charge in [-0.25, -0.2) is 0 Å². The summed E-state index contributed by atoms with van der Waals surface area (Å²) in [5.74, 6) is -0.0602.